The quantitative estimate of drug-likeness (QED) is 0.312. The summed E-state index contributed by atoms with van der Waals surface area (Å²) >= 11 is 0. The molecule has 1 unspecified atom stereocenters. The van der Waals surface area contributed by atoms with Gasteiger partial charge < -0.3 is 9.80 Å². The average Bonchev–Trinajstić information content (AvgIpc) is 3.55. The van der Waals surface area contributed by atoms with Gasteiger partial charge in [0.2, 0.25) is 11.8 Å². The van der Waals surface area contributed by atoms with E-state index in [1.807, 2.05) is 18.2 Å². The molecule has 5 heterocycles. The highest BCUT2D eigenvalue weighted by atomic mass is 16.6. The van der Waals surface area contributed by atoms with E-state index >= 15 is 0 Å². The summed E-state index contributed by atoms with van der Waals surface area (Å²) in [6.45, 7) is 5.85. The fourth-order valence-corrected chi connectivity index (χ4v) is 7.86. The van der Waals surface area contributed by atoms with Gasteiger partial charge in [-0.1, -0.05) is 0 Å². The monoisotopic (exact) mass is 600 g/mol. The highest BCUT2D eigenvalue weighted by molar-refractivity contribution is 6.23. The molecule has 1 N–H and O–H groups in total. The number of hydrogen-bond acceptors (Lipinski definition) is 9. The lowest BCUT2D eigenvalue weighted by Crippen LogP contribution is -2.54. The van der Waals surface area contributed by atoms with E-state index in [0.29, 0.717) is 17.2 Å². The van der Waals surface area contributed by atoms with Gasteiger partial charge in [0.1, 0.15) is 6.04 Å². The summed E-state index contributed by atoms with van der Waals surface area (Å²) in [6, 6.07) is 11.8. The molecule has 5 aliphatic rings. The minimum Gasteiger partial charge on any atom is -0.371 e. The van der Waals surface area contributed by atoms with Crippen molar-refractivity contribution in [2.75, 3.05) is 49.1 Å². The molecule has 4 fully saturated rings. The Morgan fingerprint density at radius 2 is 1.41 bits per heavy atom. The normalized spacial score (nSPS) is 24.3. The third kappa shape index (κ3) is 5.00. The molecule has 12 heteroatoms. The fourth-order valence-electron chi connectivity index (χ4n) is 7.86. The van der Waals surface area contributed by atoms with E-state index in [1.165, 1.54) is 6.42 Å². The number of nitrogens with zero attached hydrogens (tertiary/aromatic N) is 5. The van der Waals surface area contributed by atoms with E-state index in [9.17, 15) is 29.3 Å². The van der Waals surface area contributed by atoms with Crippen molar-refractivity contribution in [2.24, 2.45) is 5.41 Å². The highest BCUT2D eigenvalue weighted by Crippen LogP contribution is 2.43. The number of carbonyl (C=O) groups excluding carboxylic acids is 4. The van der Waals surface area contributed by atoms with Crippen molar-refractivity contribution >= 4 is 40.7 Å². The molecule has 0 bridgehead atoms. The molecule has 0 aliphatic carbocycles. The zero-order valence-electron chi connectivity index (χ0n) is 24.6. The summed E-state index contributed by atoms with van der Waals surface area (Å²) in [6.07, 6.45) is 5.72. The number of nitro groups is 1. The second-order valence-corrected chi connectivity index (χ2v) is 12.9. The number of fused-ring (bicyclic) bond motifs is 1. The van der Waals surface area contributed by atoms with E-state index in [-0.39, 0.29) is 34.8 Å². The van der Waals surface area contributed by atoms with Gasteiger partial charge in [0.05, 0.1) is 16.1 Å². The first-order valence-electron chi connectivity index (χ1n) is 15.6. The number of imide groups is 2. The first kappa shape index (κ1) is 28.5. The Hall–Kier alpha value is -4.32. The average molecular weight is 601 g/mol. The van der Waals surface area contributed by atoms with Gasteiger partial charge in [-0.2, -0.15) is 0 Å². The van der Waals surface area contributed by atoms with Crippen LogP contribution in [-0.2, 0) is 9.59 Å². The van der Waals surface area contributed by atoms with Gasteiger partial charge in [0.15, 0.2) is 0 Å². The molecule has 7 rings (SSSR count). The molecule has 0 aromatic heterocycles. The SMILES string of the molecule is O=C1CCC(N2C(=O)c3ccc(N4CCC5(CC4)CCN(C4CCN(c6ccc([N+](=O)[O-])cc6)CC4)C5)cc3C2=O)C(=O)N1. The maximum Gasteiger partial charge on any atom is 0.269 e. The maximum absolute atomic E-state index is 13.3. The van der Waals surface area contributed by atoms with E-state index in [1.54, 1.807) is 24.3 Å². The molecule has 1 spiro atoms. The van der Waals surface area contributed by atoms with E-state index in [4.69, 9.17) is 0 Å². The van der Waals surface area contributed by atoms with Crippen LogP contribution in [0, 0.1) is 15.5 Å². The van der Waals surface area contributed by atoms with Gasteiger partial charge in [-0.05, 0) is 80.8 Å². The molecule has 12 nitrogen and oxygen atoms in total. The Morgan fingerprint density at radius 3 is 2.09 bits per heavy atom. The number of piperidine rings is 3. The van der Waals surface area contributed by atoms with Crippen LogP contribution in [-0.4, -0.2) is 89.7 Å². The molecule has 2 aromatic carbocycles. The Bertz CT molecular complexity index is 1530. The standard InChI is InChI=1S/C32H36N6O6/c39-28-8-7-27(29(40)33-28)37-30(41)25-6-5-24(19-26(25)31(37)42)35-16-11-32(12-17-35)13-18-36(20-32)22-9-14-34(15-10-22)21-1-3-23(4-2-21)38(43)44/h1-6,19,22,27H,7-18,20H2,(H,33,39,40). The van der Waals surface area contributed by atoms with Crippen LogP contribution in [0.3, 0.4) is 0 Å². The van der Waals surface area contributed by atoms with Crippen molar-refractivity contribution in [3.63, 3.8) is 0 Å². The first-order chi connectivity index (χ1) is 21.2. The molecule has 4 amide bonds. The molecule has 2 aromatic rings. The van der Waals surface area contributed by atoms with Gasteiger partial charge in [-0.15, -0.1) is 0 Å². The van der Waals surface area contributed by atoms with Crippen molar-refractivity contribution in [1.29, 1.82) is 0 Å². The number of anilines is 2. The van der Waals surface area contributed by atoms with Crippen LogP contribution in [0.25, 0.3) is 0 Å². The molecular formula is C32H36N6O6. The number of amides is 4. The lowest BCUT2D eigenvalue weighted by molar-refractivity contribution is -0.384. The van der Waals surface area contributed by atoms with E-state index in [2.05, 4.69) is 20.0 Å². The largest absolute Gasteiger partial charge is 0.371 e. The minimum absolute atomic E-state index is 0.101. The molecule has 5 aliphatic heterocycles. The van der Waals surface area contributed by atoms with Crippen LogP contribution in [0.1, 0.15) is 65.7 Å². The Balaban J connectivity index is 0.940. The summed E-state index contributed by atoms with van der Waals surface area (Å²) in [5.74, 6) is -1.93. The second-order valence-electron chi connectivity index (χ2n) is 12.9. The molecular weight excluding hydrogens is 564 g/mol. The summed E-state index contributed by atoms with van der Waals surface area (Å²) in [5.41, 5.74) is 3.00. The topological polar surface area (TPSA) is 136 Å². The minimum atomic E-state index is -0.960. The van der Waals surface area contributed by atoms with Gasteiger partial charge >= 0.3 is 0 Å². The number of nitro benzene ring substituents is 1. The van der Waals surface area contributed by atoms with Crippen LogP contribution in [0.5, 0.6) is 0 Å². The predicted octanol–water partition coefficient (Wildman–Crippen LogP) is 2.96. The highest BCUT2D eigenvalue weighted by Gasteiger charge is 2.46. The third-order valence-corrected chi connectivity index (χ3v) is 10.5. The zero-order chi connectivity index (χ0) is 30.6. The van der Waals surface area contributed by atoms with Crippen LogP contribution in [0.2, 0.25) is 0 Å². The van der Waals surface area contributed by atoms with Crippen molar-refractivity contribution in [3.05, 3.63) is 63.7 Å². The van der Waals surface area contributed by atoms with Crippen molar-refractivity contribution in [2.45, 2.75) is 57.0 Å². The number of rotatable bonds is 5. The van der Waals surface area contributed by atoms with E-state index in [0.717, 1.165) is 81.2 Å². The molecule has 44 heavy (non-hydrogen) atoms. The number of non-ortho nitro benzene ring substituents is 1. The molecule has 1 atom stereocenters. The second kappa shape index (κ2) is 11.0. The molecule has 0 saturated carbocycles. The lowest BCUT2D eigenvalue weighted by Gasteiger charge is -2.42. The first-order valence-corrected chi connectivity index (χ1v) is 15.6. The smallest absolute Gasteiger partial charge is 0.269 e. The molecule has 0 radical (unpaired) electrons. The molecule has 4 saturated heterocycles. The summed E-state index contributed by atoms with van der Waals surface area (Å²) in [4.78, 5) is 69.2. The maximum atomic E-state index is 13.3. The predicted molar refractivity (Wildman–Crippen MR) is 162 cm³/mol. The van der Waals surface area contributed by atoms with Gasteiger partial charge in [0.25, 0.3) is 17.5 Å². The number of carbonyl (C=O) groups is 4. The van der Waals surface area contributed by atoms with E-state index < -0.39 is 23.8 Å². The van der Waals surface area contributed by atoms with Crippen molar-refractivity contribution < 1.29 is 24.1 Å². The van der Waals surface area contributed by atoms with Crippen LogP contribution >= 0.6 is 0 Å². The van der Waals surface area contributed by atoms with Crippen LogP contribution < -0.4 is 15.1 Å². The van der Waals surface area contributed by atoms with Gasteiger partial charge in [0, 0.05) is 68.7 Å². The summed E-state index contributed by atoms with van der Waals surface area (Å²) in [5, 5.41) is 13.2. The zero-order valence-corrected chi connectivity index (χ0v) is 24.6. The van der Waals surface area contributed by atoms with Crippen LogP contribution in [0.4, 0.5) is 17.1 Å². The number of hydrogen-bond donors (Lipinski definition) is 1. The fraction of sp³-hybridized carbons (Fsp3) is 0.500. The number of likely N-dealkylation sites (tertiary alicyclic amines) is 1. The summed E-state index contributed by atoms with van der Waals surface area (Å²) in [7, 11) is 0. The van der Waals surface area contributed by atoms with Crippen molar-refractivity contribution in [1.82, 2.24) is 15.1 Å². The lowest BCUT2D eigenvalue weighted by atomic mass is 9.77. The molecule has 230 valence electrons. The Kier molecular flexibility index (Phi) is 7.11. The summed E-state index contributed by atoms with van der Waals surface area (Å²) < 4.78 is 0. The van der Waals surface area contributed by atoms with Gasteiger partial charge in [-0.25, -0.2) is 0 Å². The van der Waals surface area contributed by atoms with Gasteiger partial charge in [-0.3, -0.25) is 44.4 Å². The number of nitrogens with one attached hydrogen (secondary N) is 1. The van der Waals surface area contributed by atoms with Crippen molar-refractivity contribution in [3.8, 4) is 0 Å². The van der Waals surface area contributed by atoms with Crippen LogP contribution in [0.15, 0.2) is 42.5 Å². The number of benzene rings is 2. The third-order valence-electron chi connectivity index (χ3n) is 10.5. The Labute approximate surface area is 255 Å². The Morgan fingerprint density at radius 1 is 0.773 bits per heavy atom.